The summed E-state index contributed by atoms with van der Waals surface area (Å²) in [6.45, 7) is 4.77. The zero-order valence-corrected chi connectivity index (χ0v) is 12.4. The van der Waals surface area contributed by atoms with Crippen molar-refractivity contribution in [2.24, 2.45) is 0 Å². The Morgan fingerprint density at radius 2 is 1.95 bits per heavy atom. The molecule has 0 radical (unpaired) electrons. The van der Waals surface area contributed by atoms with Gasteiger partial charge in [0.05, 0.1) is 6.61 Å². The quantitative estimate of drug-likeness (QED) is 0.844. The third-order valence-electron chi connectivity index (χ3n) is 3.94. The average molecular weight is 283 g/mol. The van der Waals surface area contributed by atoms with E-state index in [0.717, 1.165) is 18.8 Å². The molecule has 1 saturated heterocycles. The van der Waals surface area contributed by atoms with Gasteiger partial charge in [0.1, 0.15) is 12.1 Å². The van der Waals surface area contributed by atoms with Crippen LogP contribution in [-0.4, -0.2) is 28.0 Å². The van der Waals surface area contributed by atoms with Crippen molar-refractivity contribution in [3.63, 3.8) is 0 Å². The normalized spacial score (nSPS) is 18.8. The van der Waals surface area contributed by atoms with Gasteiger partial charge in [-0.25, -0.2) is 9.97 Å². The summed E-state index contributed by atoms with van der Waals surface area (Å²) in [5, 5.41) is 0. The highest BCUT2D eigenvalue weighted by molar-refractivity contribution is 5.29. The van der Waals surface area contributed by atoms with Crippen LogP contribution in [0.15, 0.2) is 43.0 Å². The Morgan fingerprint density at radius 1 is 1.19 bits per heavy atom. The molecular weight excluding hydrogens is 262 g/mol. The maximum Gasteiger partial charge on any atom is 0.119 e. The third kappa shape index (κ3) is 3.39. The molecule has 4 nitrogen and oxygen atoms in total. The van der Waals surface area contributed by atoms with Crippen LogP contribution in [0.2, 0.25) is 0 Å². The van der Waals surface area contributed by atoms with Crippen LogP contribution in [0.3, 0.4) is 0 Å². The van der Waals surface area contributed by atoms with E-state index in [9.17, 15) is 0 Å². The fourth-order valence-electron chi connectivity index (χ4n) is 2.99. The average Bonchev–Trinajstić information content (AvgIpc) is 2.98. The first kappa shape index (κ1) is 14.0. The van der Waals surface area contributed by atoms with Gasteiger partial charge in [-0.15, -0.1) is 0 Å². The highest BCUT2D eigenvalue weighted by Gasteiger charge is 2.25. The molecule has 4 heteroatoms. The Labute approximate surface area is 125 Å². The molecule has 2 heterocycles. The number of hydrogen-bond acceptors (Lipinski definition) is 4. The fourth-order valence-corrected chi connectivity index (χ4v) is 2.99. The third-order valence-corrected chi connectivity index (χ3v) is 3.94. The van der Waals surface area contributed by atoms with E-state index < -0.39 is 0 Å². The predicted molar refractivity (Wildman–Crippen MR) is 82.0 cm³/mol. The van der Waals surface area contributed by atoms with Gasteiger partial charge in [0.25, 0.3) is 0 Å². The minimum absolute atomic E-state index is 0.487. The van der Waals surface area contributed by atoms with Gasteiger partial charge in [-0.2, -0.15) is 0 Å². The standard InChI is InChI=1S/C17H21N3O/c1-2-21-16-7-5-15(6-8-16)17-4-3-9-20(17)12-14-10-18-13-19-11-14/h5-8,10-11,13,17H,2-4,9,12H2,1H3. The Kier molecular flexibility index (Phi) is 4.46. The maximum absolute atomic E-state index is 5.52. The van der Waals surface area contributed by atoms with E-state index in [1.54, 1.807) is 6.33 Å². The van der Waals surface area contributed by atoms with Crippen LogP contribution in [0.5, 0.6) is 5.75 Å². The first-order valence-electron chi connectivity index (χ1n) is 7.57. The van der Waals surface area contributed by atoms with Gasteiger partial charge in [-0.05, 0) is 44.0 Å². The van der Waals surface area contributed by atoms with E-state index in [2.05, 4.69) is 39.1 Å². The summed E-state index contributed by atoms with van der Waals surface area (Å²) in [6.07, 6.45) is 7.84. The number of hydrogen-bond donors (Lipinski definition) is 0. The number of rotatable bonds is 5. The second-order valence-electron chi connectivity index (χ2n) is 5.38. The molecule has 21 heavy (non-hydrogen) atoms. The molecule has 1 fully saturated rings. The van der Waals surface area contributed by atoms with Gasteiger partial charge in [0.15, 0.2) is 0 Å². The number of benzene rings is 1. The molecule has 0 spiro atoms. The lowest BCUT2D eigenvalue weighted by molar-refractivity contribution is 0.247. The van der Waals surface area contributed by atoms with Crippen LogP contribution < -0.4 is 4.74 Å². The van der Waals surface area contributed by atoms with Crippen molar-refractivity contribution < 1.29 is 4.74 Å². The second kappa shape index (κ2) is 6.68. The molecule has 1 aliphatic rings. The van der Waals surface area contributed by atoms with Crippen LogP contribution >= 0.6 is 0 Å². The largest absolute Gasteiger partial charge is 0.494 e. The van der Waals surface area contributed by atoms with Gasteiger partial charge in [-0.1, -0.05) is 12.1 Å². The van der Waals surface area contributed by atoms with Gasteiger partial charge in [0.2, 0.25) is 0 Å². The molecule has 0 saturated carbocycles. The van der Waals surface area contributed by atoms with Gasteiger partial charge in [0, 0.05) is 30.5 Å². The summed E-state index contributed by atoms with van der Waals surface area (Å²) in [6, 6.07) is 9.01. The molecule has 1 aromatic heterocycles. The van der Waals surface area contributed by atoms with E-state index in [0.29, 0.717) is 12.6 Å². The van der Waals surface area contributed by atoms with Crippen LogP contribution in [-0.2, 0) is 6.54 Å². The molecule has 1 aliphatic heterocycles. The minimum atomic E-state index is 0.487. The first-order chi connectivity index (χ1) is 10.4. The molecule has 110 valence electrons. The highest BCUT2D eigenvalue weighted by atomic mass is 16.5. The second-order valence-corrected chi connectivity index (χ2v) is 5.38. The lowest BCUT2D eigenvalue weighted by Crippen LogP contribution is -2.22. The van der Waals surface area contributed by atoms with Gasteiger partial charge in [-0.3, -0.25) is 4.90 Å². The monoisotopic (exact) mass is 283 g/mol. The smallest absolute Gasteiger partial charge is 0.119 e. The Morgan fingerprint density at radius 3 is 2.67 bits per heavy atom. The van der Waals surface area contributed by atoms with E-state index in [4.69, 9.17) is 4.74 Å². The number of nitrogens with zero attached hydrogens (tertiary/aromatic N) is 3. The van der Waals surface area contributed by atoms with E-state index in [1.807, 2.05) is 19.3 Å². The summed E-state index contributed by atoms with van der Waals surface area (Å²) in [7, 11) is 0. The zero-order valence-electron chi connectivity index (χ0n) is 12.4. The molecule has 0 amide bonds. The van der Waals surface area contributed by atoms with Crippen molar-refractivity contribution in [3.05, 3.63) is 54.1 Å². The highest BCUT2D eigenvalue weighted by Crippen LogP contribution is 2.33. The molecule has 0 aliphatic carbocycles. The summed E-state index contributed by atoms with van der Waals surface area (Å²) in [5.41, 5.74) is 2.54. The van der Waals surface area contributed by atoms with Crippen molar-refractivity contribution in [1.82, 2.24) is 14.9 Å². The Balaban J connectivity index is 1.71. The van der Waals surface area contributed by atoms with Gasteiger partial charge < -0.3 is 4.74 Å². The molecule has 3 rings (SSSR count). The summed E-state index contributed by atoms with van der Waals surface area (Å²) in [4.78, 5) is 10.7. The summed E-state index contributed by atoms with van der Waals surface area (Å²) >= 11 is 0. The van der Waals surface area contributed by atoms with Gasteiger partial charge >= 0.3 is 0 Å². The molecule has 0 bridgehead atoms. The van der Waals surface area contributed by atoms with Crippen molar-refractivity contribution in [2.75, 3.05) is 13.2 Å². The predicted octanol–water partition coefficient (Wildman–Crippen LogP) is 3.21. The molecule has 1 aromatic carbocycles. The number of aromatic nitrogens is 2. The van der Waals surface area contributed by atoms with Crippen molar-refractivity contribution >= 4 is 0 Å². The summed E-state index contributed by atoms with van der Waals surface area (Å²) < 4.78 is 5.52. The van der Waals surface area contributed by atoms with E-state index in [1.165, 1.54) is 24.0 Å². The first-order valence-corrected chi connectivity index (χ1v) is 7.57. The molecular formula is C17H21N3O. The number of ether oxygens (including phenoxy) is 1. The van der Waals surface area contributed by atoms with E-state index >= 15 is 0 Å². The van der Waals surface area contributed by atoms with Crippen LogP contribution in [0.1, 0.15) is 36.9 Å². The summed E-state index contributed by atoms with van der Waals surface area (Å²) in [5.74, 6) is 0.947. The lowest BCUT2D eigenvalue weighted by Gasteiger charge is -2.24. The van der Waals surface area contributed by atoms with Crippen molar-refractivity contribution in [3.8, 4) is 5.75 Å². The zero-order chi connectivity index (χ0) is 14.5. The number of likely N-dealkylation sites (tertiary alicyclic amines) is 1. The van der Waals surface area contributed by atoms with Crippen molar-refractivity contribution in [2.45, 2.75) is 32.4 Å². The van der Waals surface area contributed by atoms with E-state index in [-0.39, 0.29) is 0 Å². The topological polar surface area (TPSA) is 38.2 Å². The minimum Gasteiger partial charge on any atom is -0.494 e. The Bertz CT molecular complexity index is 556. The van der Waals surface area contributed by atoms with Crippen molar-refractivity contribution in [1.29, 1.82) is 0 Å². The molecule has 1 unspecified atom stereocenters. The van der Waals surface area contributed by atoms with Crippen LogP contribution in [0.25, 0.3) is 0 Å². The fraction of sp³-hybridized carbons (Fsp3) is 0.412. The van der Waals surface area contributed by atoms with Crippen LogP contribution in [0.4, 0.5) is 0 Å². The lowest BCUT2D eigenvalue weighted by atomic mass is 10.0. The maximum atomic E-state index is 5.52. The molecule has 2 aromatic rings. The Hall–Kier alpha value is -1.94. The van der Waals surface area contributed by atoms with Crippen LogP contribution in [0, 0.1) is 0 Å². The molecule has 0 N–H and O–H groups in total. The SMILES string of the molecule is CCOc1ccc(C2CCCN2Cc2cncnc2)cc1. The molecule has 1 atom stereocenters.